The van der Waals surface area contributed by atoms with Crippen LogP contribution in [0.4, 0.5) is 0 Å². The van der Waals surface area contributed by atoms with Crippen molar-refractivity contribution in [2.24, 2.45) is 0 Å². The molecule has 0 saturated carbocycles. The molecule has 0 amide bonds. The van der Waals surface area contributed by atoms with E-state index in [9.17, 15) is 13.7 Å². The van der Waals surface area contributed by atoms with Crippen LogP contribution in [0.3, 0.4) is 0 Å². The first-order chi connectivity index (χ1) is 32.7. The highest BCUT2D eigenvalue weighted by Gasteiger charge is 2.36. The highest BCUT2D eigenvalue weighted by Crippen LogP contribution is 2.51. The molecule has 11 aromatic carbocycles. The van der Waals surface area contributed by atoms with Crippen LogP contribution in [0.25, 0.3) is 109 Å². The van der Waals surface area contributed by atoms with Crippen molar-refractivity contribution in [3.05, 3.63) is 181 Å². The van der Waals surface area contributed by atoms with Gasteiger partial charge in [0.05, 0.1) is 13.7 Å². The van der Waals surface area contributed by atoms with Crippen LogP contribution < -0.4 is 0 Å². The van der Waals surface area contributed by atoms with Gasteiger partial charge in [0, 0.05) is 13.6 Å². The van der Waals surface area contributed by atoms with Crippen LogP contribution in [0, 0.1) is 0 Å². The standard InChI is InChI=1S/C53H34/c1-53(2)47-29-39(31-9-11-32(12-10-31)41-23-17-37-15-13-33-5-3-7-35-19-27-45(41)51(37)49(33)35)21-25-43(47)44-26-22-40(30-48(44)53)42-24-18-38-16-14-34-6-4-8-36-20-28-46(42)52(38)50(34)36/h3-30H,1-2H3/i1D3,2D3,9D,10D,11D,12D,21D,22D,25D,26D,29D,30D. The van der Waals surface area contributed by atoms with E-state index >= 15 is 0 Å². The number of rotatable bonds is 3. The molecule has 0 atom stereocenters. The maximum absolute atomic E-state index is 9.91. The zero-order valence-corrected chi connectivity index (χ0v) is 27.9. The molecular formula is C53H34. The summed E-state index contributed by atoms with van der Waals surface area (Å²) >= 11 is 0. The second kappa shape index (κ2) is 10.3. The van der Waals surface area contributed by atoms with Gasteiger partial charge in [-0.3, -0.25) is 0 Å². The molecule has 0 aliphatic heterocycles. The van der Waals surface area contributed by atoms with E-state index in [4.69, 9.17) is 8.22 Å². The zero-order valence-electron chi connectivity index (χ0n) is 43.9. The van der Waals surface area contributed by atoms with Crippen molar-refractivity contribution >= 4 is 64.6 Å². The monoisotopic (exact) mass is 686 g/mol. The molecule has 0 aromatic heterocycles. The van der Waals surface area contributed by atoms with Crippen molar-refractivity contribution < 1.29 is 21.9 Å². The molecule has 0 fully saturated rings. The van der Waals surface area contributed by atoms with Gasteiger partial charge in [0.2, 0.25) is 0 Å². The molecular weight excluding hydrogens is 637 g/mol. The average molecular weight is 687 g/mol. The van der Waals surface area contributed by atoms with Gasteiger partial charge in [-0.05, 0) is 132 Å². The van der Waals surface area contributed by atoms with Gasteiger partial charge in [-0.2, -0.15) is 0 Å². The van der Waals surface area contributed by atoms with E-state index in [-0.39, 0.29) is 16.7 Å². The first-order valence-corrected chi connectivity index (χ1v) is 17.5. The minimum absolute atomic E-state index is 0.0799. The fourth-order valence-electron chi connectivity index (χ4n) is 8.61. The van der Waals surface area contributed by atoms with Gasteiger partial charge in [-0.15, -0.1) is 0 Å². The summed E-state index contributed by atoms with van der Waals surface area (Å²) in [7, 11) is 0. The van der Waals surface area contributed by atoms with Crippen molar-refractivity contribution in [2.45, 2.75) is 19.1 Å². The van der Waals surface area contributed by atoms with Crippen LogP contribution in [-0.2, 0) is 5.41 Å². The molecule has 0 nitrogen and oxygen atoms in total. The van der Waals surface area contributed by atoms with Crippen LogP contribution in [-0.4, -0.2) is 0 Å². The Morgan fingerprint density at radius 1 is 0.358 bits per heavy atom. The van der Waals surface area contributed by atoms with Crippen molar-refractivity contribution in [1.82, 2.24) is 0 Å². The molecule has 0 heteroatoms. The van der Waals surface area contributed by atoms with Crippen molar-refractivity contribution in [2.75, 3.05) is 0 Å². The summed E-state index contributed by atoms with van der Waals surface area (Å²) in [5.41, 5.74) is -7.01. The highest BCUT2D eigenvalue weighted by molar-refractivity contribution is 6.26. The van der Waals surface area contributed by atoms with Crippen LogP contribution in [0.15, 0.2) is 170 Å². The lowest BCUT2D eigenvalue weighted by Crippen LogP contribution is -2.15. The first-order valence-electron chi connectivity index (χ1n) is 25.5. The Balaban J connectivity index is 1.14. The van der Waals surface area contributed by atoms with Gasteiger partial charge in [0.1, 0.15) is 0 Å². The van der Waals surface area contributed by atoms with Gasteiger partial charge in [0.15, 0.2) is 0 Å². The highest BCUT2D eigenvalue weighted by atomic mass is 14.4. The molecule has 0 heterocycles. The predicted molar refractivity (Wildman–Crippen MR) is 228 cm³/mol. The molecule has 0 N–H and O–H groups in total. The number of benzene rings is 11. The Hall–Kier alpha value is -6.50. The molecule has 11 aromatic rings. The number of hydrogen-bond donors (Lipinski definition) is 0. The second-order valence-electron chi connectivity index (χ2n) is 13.9. The summed E-state index contributed by atoms with van der Waals surface area (Å²) in [6, 6.07) is 26.8. The molecule has 0 bridgehead atoms. The smallest absolute Gasteiger partial charge is 0.0610 e. The lowest BCUT2D eigenvalue weighted by atomic mass is 9.80. The van der Waals surface area contributed by atoms with Gasteiger partial charge >= 0.3 is 0 Å². The topological polar surface area (TPSA) is 0 Å². The first kappa shape index (κ1) is 17.8. The van der Waals surface area contributed by atoms with E-state index in [1.54, 1.807) is 24.3 Å². The Kier molecular flexibility index (Phi) is 3.47. The molecule has 246 valence electrons. The Labute approximate surface area is 330 Å². The Morgan fingerprint density at radius 2 is 0.755 bits per heavy atom. The lowest BCUT2D eigenvalue weighted by Gasteiger charge is -2.23. The van der Waals surface area contributed by atoms with Crippen LogP contribution in [0.2, 0.25) is 0 Å². The van der Waals surface area contributed by atoms with E-state index in [1.807, 2.05) is 84.9 Å². The summed E-state index contributed by atoms with van der Waals surface area (Å²) in [5, 5.41) is 10.2. The van der Waals surface area contributed by atoms with E-state index in [1.165, 1.54) is 0 Å². The number of fused-ring (bicyclic) bond motifs is 3. The third-order valence-electron chi connectivity index (χ3n) is 11.1. The van der Waals surface area contributed by atoms with E-state index < -0.39 is 113 Å². The largest absolute Gasteiger partial charge is 0.0633 e. The quantitative estimate of drug-likeness (QED) is 0.162. The minimum atomic E-state index is -3.65. The summed E-state index contributed by atoms with van der Waals surface area (Å²) in [5.74, 6) is 0. The fourth-order valence-corrected chi connectivity index (χ4v) is 8.61. The Bertz CT molecular complexity index is 4030. The summed E-state index contributed by atoms with van der Waals surface area (Å²) in [6.45, 7) is -7.30. The summed E-state index contributed by atoms with van der Waals surface area (Å²) in [4.78, 5) is 0. The van der Waals surface area contributed by atoms with E-state index in [0.29, 0.717) is 16.3 Å². The molecule has 1 aliphatic rings. The fraction of sp³-hybridized carbons (Fsp3) is 0.0566. The van der Waals surface area contributed by atoms with Crippen molar-refractivity contribution in [1.29, 1.82) is 0 Å². The molecule has 12 rings (SSSR count). The third kappa shape index (κ3) is 3.96. The zero-order chi connectivity index (χ0) is 48.7. The SMILES string of the molecule is [2H]c1c([2H])c(-c2ccc3ccc4cccc5ccc2c3c45)c([2H])c([2H])c1-c1c([2H])c([2H])c2c(c1[2H])C(C([2H])([2H])[2H])(C([2H])([2H])[2H])c1c([2H])c(-c3ccc4ccc5cccc6ccc3c4c56)c([2H])c([2H])c1-2. The van der Waals surface area contributed by atoms with Crippen LogP contribution in [0.5, 0.6) is 0 Å². The van der Waals surface area contributed by atoms with Gasteiger partial charge in [-0.1, -0.05) is 171 Å². The maximum Gasteiger partial charge on any atom is 0.0633 e. The van der Waals surface area contributed by atoms with Crippen molar-refractivity contribution in [3.8, 4) is 44.5 Å². The molecule has 53 heavy (non-hydrogen) atoms. The lowest BCUT2D eigenvalue weighted by molar-refractivity contribution is 0.661. The molecule has 0 spiro atoms. The van der Waals surface area contributed by atoms with Gasteiger partial charge < -0.3 is 0 Å². The third-order valence-corrected chi connectivity index (χ3v) is 11.1. The Morgan fingerprint density at radius 3 is 1.28 bits per heavy atom. The maximum atomic E-state index is 9.91. The van der Waals surface area contributed by atoms with E-state index in [2.05, 4.69) is 0 Å². The summed E-state index contributed by atoms with van der Waals surface area (Å²) < 4.78 is 150. The second-order valence-corrected chi connectivity index (χ2v) is 13.9. The van der Waals surface area contributed by atoms with Crippen LogP contribution >= 0.6 is 0 Å². The van der Waals surface area contributed by atoms with Gasteiger partial charge in [0.25, 0.3) is 0 Å². The summed E-state index contributed by atoms with van der Waals surface area (Å²) in [6.07, 6.45) is 0. The normalized spacial score (nSPS) is 18.4. The van der Waals surface area contributed by atoms with Gasteiger partial charge in [-0.25, -0.2) is 0 Å². The number of hydrogen-bond acceptors (Lipinski definition) is 0. The van der Waals surface area contributed by atoms with Crippen molar-refractivity contribution in [3.63, 3.8) is 0 Å². The molecule has 1 aliphatic carbocycles. The minimum Gasteiger partial charge on any atom is -0.0610 e. The average Bonchev–Trinajstić information content (AvgIpc) is 3.68. The molecule has 0 radical (unpaired) electrons. The molecule has 0 saturated heterocycles. The van der Waals surface area contributed by atoms with Crippen LogP contribution in [0.1, 0.15) is 46.8 Å². The molecule has 0 unspecified atom stereocenters. The van der Waals surface area contributed by atoms with E-state index in [0.717, 1.165) is 53.9 Å². The predicted octanol–water partition coefficient (Wildman–Crippen LogP) is 14.8.